The van der Waals surface area contributed by atoms with E-state index < -0.39 is 0 Å². The first-order chi connectivity index (χ1) is 7.22. The van der Waals surface area contributed by atoms with E-state index >= 15 is 0 Å². The fraction of sp³-hybridized carbons (Fsp3) is 0.545. The molecule has 0 radical (unpaired) electrons. The first-order valence-corrected chi connectivity index (χ1v) is 5.16. The Balaban J connectivity index is 2.25. The summed E-state index contributed by atoms with van der Waals surface area (Å²) in [6, 6.07) is 3.85. The molecule has 1 rings (SSSR count). The zero-order valence-electron chi connectivity index (χ0n) is 9.13. The van der Waals surface area contributed by atoms with E-state index in [1.54, 1.807) is 6.20 Å². The normalized spacial score (nSPS) is 13.1. The summed E-state index contributed by atoms with van der Waals surface area (Å²) in [6.45, 7) is 1.69. The molecule has 1 atom stereocenters. The van der Waals surface area contributed by atoms with Crippen LogP contribution in [0.5, 0.6) is 0 Å². The summed E-state index contributed by atoms with van der Waals surface area (Å²) in [5.74, 6) is 0. The average Bonchev–Trinajstić information content (AvgIpc) is 2.27. The minimum atomic E-state index is -0.149. The third-order valence-corrected chi connectivity index (χ3v) is 2.29. The number of nitrogens with zero attached hydrogens (tertiary/aromatic N) is 2. The van der Waals surface area contributed by atoms with E-state index in [2.05, 4.69) is 16.0 Å². The second kappa shape index (κ2) is 6.50. The number of aliphatic hydroxyl groups excluding tert-OH is 1. The van der Waals surface area contributed by atoms with Crippen molar-refractivity contribution in [2.75, 3.05) is 26.7 Å². The maximum atomic E-state index is 8.81. The Morgan fingerprint density at radius 2 is 2.40 bits per heavy atom. The van der Waals surface area contributed by atoms with Gasteiger partial charge in [-0.1, -0.05) is 6.07 Å². The molecule has 1 heterocycles. The minimum Gasteiger partial charge on any atom is -0.395 e. The molecular weight excluding hydrogens is 190 g/mol. The van der Waals surface area contributed by atoms with Crippen molar-refractivity contribution in [1.82, 2.24) is 9.88 Å². The molecule has 4 nitrogen and oxygen atoms in total. The highest BCUT2D eigenvalue weighted by Gasteiger charge is 2.05. The van der Waals surface area contributed by atoms with E-state index in [0.29, 0.717) is 0 Å². The molecule has 0 aliphatic rings. The van der Waals surface area contributed by atoms with Crippen molar-refractivity contribution in [1.29, 1.82) is 0 Å². The van der Waals surface area contributed by atoms with Gasteiger partial charge in [0.2, 0.25) is 0 Å². The summed E-state index contributed by atoms with van der Waals surface area (Å²) < 4.78 is 0. The molecular formula is C11H19N3O. The topological polar surface area (TPSA) is 62.4 Å². The van der Waals surface area contributed by atoms with Gasteiger partial charge in [-0.05, 0) is 25.1 Å². The fourth-order valence-corrected chi connectivity index (χ4v) is 1.42. The van der Waals surface area contributed by atoms with Crippen LogP contribution in [0.1, 0.15) is 5.56 Å². The summed E-state index contributed by atoms with van der Waals surface area (Å²) in [4.78, 5) is 6.18. The molecule has 84 valence electrons. The quantitative estimate of drug-likeness (QED) is 0.685. The van der Waals surface area contributed by atoms with Crippen LogP contribution in [-0.2, 0) is 6.42 Å². The van der Waals surface area contributed by atoms with Crippen molar-refractivity contribution < 1.29 is 5.11 Å². The predicted molar refractivity (Wildman–Crippen MR) is 60.5 cm³/mol. The van der Waals surface area contributed by atoms with Crippen LogP contribution in [0.4, 0.5) is 0 Å². The van der Waals surface area contributed by atoms with E-state index in [1.807, 2.05) is 19.3 Å². The minimum absolute atomic E-state index is 0.0389. The van der Waals surface area contributed by atoms with Crippen LogP contribution in [0.3, 0.4) is 0 Å². The standard InChI is InChI=1S/C11H19N3O/c1-14(8-11(12)9-15)6-4-10-3-2-5-13-7-10/h2-3,5,7,11,15H,4,6,8-9,12H2,1H3. The van der Waals surface area contributed by atoms with Crippen molar-refractivity contribution in [2.45, 2.75) is 12.5 Å². The highest BCUT2D eigenvalue weighted by atomic mass is 16.3. The van der Waals surface area contributed by atoms with Gasteiger partial charge in [0, 0.05) is 31.5 Å². The van der Waals surface area contributed by atoms with E-state index in [4.69, 9.17) is 10.8 Å². The Labute approximate surface area is 90.7 Å². The lowest BCUT2D eigenvalue weighted by Crippen LogP contribution is -2.38. The molecule has 0 saturated carbocycles. The maximum Gasteiger partial charge on any atom is 0.0595 e. The SMILES string of the molecule is CN(CCc1cccnc1)CC(N)CO. The summed E-state index contributed by atoms with van der Waals surface area (Å²) in [7, 11) is 2.01. The molecule has 0 aliphatic carbocycles. The third-order valence-electron chi connectivity index (χ3n) is 2.29. The van der Waals surface area contributed by atoms with Gasteiger partial charge in [0.1, 0.15) is 0 Å². The van der Waals surface area contributed by atoms with Gasteiger partial charge in [0.05, 0.1) is 6.61 Å². The van der Waals surface area contributed by atoms with Gasteiger partial charge in [-0.15, -0.1) is 0 Å². The number of hydrogen-bond acceptors (Lipinski definition) is 4. The van der Waals surface area contributed by atoms with Crippen LogP contribution < -0.4 is 5.73 Å². The number of pyridine rings is 1. The van der Waals surface area contributed by atoms with Crippen LogP contribution in [0, 0.1) is 0 Å². The lowest BCUT2D eigenvalue weighted by Gasteiger charge is -2.19. The van der Waals surface area contributed by atoms with Crippen LogP contribution in [0.2, 0.25) is 0 Å². The molecule has 1 unspecified atom stereocenters. The molecule has 3 N–H and O–H groups in total. The molecule has 0 spiro atoms. The van der Waals surface area contributed by atoms with Crippen LogP contribution >= 0.6 is 0 Å². The summed E-state index contributed by atoms with van der Waals surface area (Å²) >= 11 is 0. The Bertz CT molecular complexity index is 266. The number of hydrogen-bond donors (Lipinski definition) is 2. The molecule has 1 aromatic heterocycles. The molecule has 15 heavy (non-hydrogen) atoms. The van der Waals surface area contributed by atoms with Gasteiger partial charge in [-0.2, -0.15) is 0 Å². The molecule has 4 heteroatoms. The Hall–Kier alpha value is -0.970. The average molecular weight is 209 g/mol. The van der Waals surface area contributed by atoms with Gasteiger partial charge < -0.3 is 15.7 Å². The number of nitrogens with two attached hydrogens (primary N) is 1. The van der Waals surface area contributed by atoms with E-state index in [0.717, 1.165) is 19.5 Å². The Morgan fingerprint density at radius 3 is 3.00 bits per heavy atom. The van der Waals surface area contributed by atoms with Gasteiger partial charge in [-0.25, -0.2) is 0 Å². The van der Waals surface area contributed by atoms with Gasteiger partial charge in [-0.3, -0.25) is 4.98 Å². The van der Waals surface area contributed by atoms with Crippen molar-refractivity contribution in [2.24, 2.45) is 5.73 Å². The molecule has 0 amide bonds. The van der Waals surface area contributed by atoms with Crippen molar-refractivity contribution >= 4 is 0 Å². The lowest BCUT2D eigenvalue weighted by molar-refractivity contribution is 0.222. The van der Waals surface area contributed by atoms with Crippen molar-refractivity contribution in [3.63, 3.8) is 0 Å². The Kier molecular flexibility index (Phi) is 5.25. The highest BCUT2D eigenvalue weighted by Crippen LogP contribution is 1.98. The summed E-state index contributed by atoms with van der Waals surface area (Å²) in [5.41, 5.74) is 6.86. The number of rotatable bonds is 6. The summed E-state index contributed by atoms with van der Waals surface area (Å²) in [6.07, 6.45) is 4.61. The van der Waals surface area contributed by atoms with Crippen molar-refractivity contribution in [3.05, 3.63) is 30.1 Å². The first-order valence-electron chi connectivity index (χ1n) is 5.16. The number of aliphatic hydroxyl groups is 1. The zero-order chi connectivity index (χ0) is 11.1. The van der Waals surface area contributed by atoms with E-state index in [9.17, 15) is 0 Å². The van der Waals surface area contributed by atoms with Crippen LogP contribution in [0.15, 0.2) is 24.5 Å². The van der Waals surface area contributed by atoms with Gasteiger partial charge in [0.15, 0.2) is 0 Å². The Morgan fingerprint density at radius 1 is 1.60 bits per heavy atom. The summed E-state index contributed by atoms with van der Waals surface area (Å²) in [5, 5.41) is 8.81. The highest BCUT2D eigenvalue weighted by molar-refractivity contribution is 5.08. The molecule has 0 aromatic carbocycles. The van der Waals surface area contributed by atoms with Crippen molar-refractivity contribution in [3.8, 4) is 0 Å². The second-order valence-corrected chi connectivity index (χ2v) is 3.82. The van der Waals surface area contributed by atoms with Crippen LogP contribution in [-0.4, -0.2) is 47.8 Å². The zero-order valence-corrected chi connectivity index (χ0v) is 9.13. The van der Waals surface area contributed by atoms with Gasteiger partial charge in [0.25, 0.3) is 0 Å². The van der Waals surface area contributed by atoms with Gasteiger partial charge >= 0.3 is 0 Å². The first kappa shape index (κ1) is 12.1. The van der Waals surface area contributed by atoms with E-state index in [1.165, 1.54) is 5.56 Å². The van der Waals surface area contributed by atoms with E-state index in [-0.39, 0.29) is 12.6 Å². The van der Waals surface area contributed by atoms with Crippen LogP contribution in [0.25, 0.3) is 0 Å². The number of likely N-dealkylation sites (N-methyl/N-ethyl adjacent to an activating group) is 1. The third kappa shape index (κ3) is 4.88. The largest absolute Gasteiger partial charge is 0.395 e. The molecule has 0 aliphatic heterocycles. The maximum absolute atomic E-state index is 8.81. The fourth-order valence-electron chi connectivity index (χ4n) is 1.42. The second-order valence-electron chi connectivity index (χ2n) is 3.82. The molecule has 0 bridgehead atoms. The molecule has 0 saturated heterocycles. The molecule has 1 aromatic rings. The number of aromatic nitrogens is 1. The molecule has 0 fully saturated rings. The monoisotopic (exact) mass is 209 g/mol. The smallest absolute Gasteiger partial charge is 0.0595 e. The predicted octanol–water partition coefficient (Wildman–Crippen LogP) is -0.125. The lowest BCUT2D eigenvalue weighted by atomic mass is 10.2.